The number of carbonyl (C=O) groups is 1. The Balaban J connectivity index is 1.41. The molecule has 10 heteroatoms. The van der Waals surface area contributed by atoms with Crippen molar-refractivity contribution >= 4 is 45.6 Å². The highest BCUT2D eigenvalue weighted by Gasteiger charge is 2.16. The summed E-state index contributed by atoms with van der Waals surface area (Å²) in [6.45, 7) is 4.71. The molecule has 1 aliphatic heterocycles. The van der Waals surface area contributed by atoms with E-state index in [1.165, 1.54) is 18.5 Å². The quantitative estimate of drug-likeness (QED) is 0.273. The molecule has 0 radical (unpaired) electrons. The van der Waals surface area contributed by atoms with Crippen LogP contribution in [0.15, 0.2) is 67.0 Å². The zero-order valence-corrected chi connectivity index (χ0v) is 21.4. The van der Waals surface area contributed by atoms with E-state index in [1.807, 2.05) is 18.2 Å². The average molecular weight is 536 g/mol. The van der Waals surface area contributed by atoms with E-state index in [9.17, 15) is 9.18 Å². The van der Waals surface area contributed by atoms with Gasteiger partial charge >= 0.3 is 0 Å². The number of halogens is 2. The van der Waals surface area contributed by atoms with Crippen LogP contribution in [0, 0.1) is 5.82 Å². The van der Waals surface area contributed by atoms with Gasteiger partial charge in [-0.1, -0.05) is 29.8 Å². The van der Waals surface area contributed by atoms with Crippen molar-refractivity contribution in [3.05, 3.63) is 83.4 Å². The summed E-state index contributed by atoms with van der Waals surface area (Å²) in [5.41, 5.74) is 2.20. The summed E-state index contributed by atoms with van der Waals surface area (Å²) >= 11 is 5.95. The maximum atomic E-state index is 13.6. The largest absolute Gasteiger partial charge is 0.491 e. The molecule has 1 fully saturated rings. The first kappa shape index (κ1) is 25.8. The van der Waals surface area contributed by atoms with Gasteiger partial charge in [0.15, 0.2) is 0 Å². The van der Waals surface area contributed by atoms with Gasteiger partial charge in [-0.3, -0.25) is 9.69 Å². The summed E-state index contributed by atoms with van der Waals surface area (Å²) in [6, 6.07) is 16.9. The minimum atomic E-state index is -0.508. The summed E-state index contributed by atoms with van der Waals surface area (Å²) < 4.78 is 25.2. The van der Waals surface area contributed by atoms with Crippen LogP contribution in [0.3, 0.4) is 0 Å². The van der Waals surface area contributed by atoms with Crippen LogP contribution in [-0.2, 0) is 4.74 Å². The maximum absolute atomic E-state index is 13.6. The van der Waals surface area contributed by atoms with Crippen molar-refractivity contribution < 1.29 is 18.7 Å². The lowest BCUT2D eigenvalue weighted by Crippen LogP contribution is -2.37. The maximum Gasteiger partial charge on any atom is 0.255 e. The van der Waals surface area contributed by atoms with Gasteiger partial charge in [0.1, 0.15) is 23.7 Å². The molecule has 0 unspecified atom stereocenters. The monoisotopic (exact) mass is 535 g/mol. The summed E-state index contributed by atoms with van der Waals surface area (Å²) in [6.07, 6.45) is 2.26. The van der Waals surface area contributed by atoms with Crippen LogP contribution in [0.4, 0.5) is 21.6 Å². The topological polar surface area (TPSA) is 88.6 Å². The number of nitrogens with zero attached hydrogens (tertiary/aromatic N) is 3. The lowest BCUT2D eigenvalue weighted by atomic mass is 10.1. The summed E-state index contributed by atoms with van der Waals surface area (Å²) in [5.74, 6) is 0.218. The zero-order chi connectivity index (χ0) is 26.3. The molecule has 0 atom stereocenters. The Morgan fingerprint density at radius 3 is 2.68 bits per heavy atom. The average Bonchev–Trinajstić information content (AvgIpc) is 2.94. The molecule has 0 aliphatic carbocycles. The standard InChI is InChI=1S/C28H27ClFN5O3/c29-22-15-20(7-8-23(22)30)33-27-21-16-25(34-28(36)19-5-2-1-3-6-19)26(17-24(21)31-18-32-27)38-12-4-9-35-10-13-37-14-11-35/h1-3,5-8,15-18H,4,9-14H2,(H,34,36)(H,31,32,33). The predicted molar refractivity (Wildman–Crippen MR) is 146 cm³/mol. The second-order valence-corrected chi connectivity index (χ2v) is 9.23. The van der Waals surface area contributed by atoms with Crippen molar-refractivity contribution in [2.24, 2.45) is 0 Å². The first-order chi connectivity index (χ1) is 18.6. The number of rotatable bonds is 9. The number of hydrogen-bond acceptors (Lipinski definition) is 7. The molecule has 0 bridgehead atoms. The highest BCUT2D eigenvalue weighted by atomic mass is 35.5. The van der Waals surface area contributed by atoms with Crippen LogP contribution in [0.1, 0.15) is 16.8 Å². The van der Waals surface area contributed by atoms with Crippen LogP contribution >= 0.6 is 11.6 Å². The number of amides is 1. The van der Waals surface area contributed by atoms with Gasteiger partial charge in [-0.2, -0.15) is 0 Å². The van der Waals surface area contributed by atoms with Crippen molar-refractivity contribution in [1.82, 2.24) is 14.9 Å². The van der Waals surface area contributed by atoms with Crippen LogP contribution in [0.5, 0.6) is 5.75 Å². The van der Waals surface area contributed by atoms with Crippen LogP contribution in [0.2, 0.25) is 5.02 Å². The van der Waals surface area contributed by atoms with Gasteiger partial charge in [-0.25, -0.2) is 14.4 Å². The van der Waals surface area contributed by atoms with Crippen molar-refractivity contribution in [2.45, 2.75) is 6.42 Å². The Kier molecular flexibility index (Phi) is 8.28. The van der Waals surface area contributed by atoms with Crippen LogP contribution < -0.4 is 15.4 Å². The summed E-state index contributed by atoms with van der Waals surface area (Å²) in [7, 11) is 0. The molecule has 5 rings (SSSR count). The van der Waals surface area contributed by atoms with E-state index < -0.39 is 5.82 Å². The number of anilines is 3. The van der Waals surface area contributed by atoms with Crippen LogP contribution in [0.25, 0.3) is 10.9 Å². The first-order valence-electron chi connectivity index (χ1n) is 12.4. The highest BCUT2D eigenvalue weighted by Crippen LogP contribution is 2.34. The minimum absolute atomic E-state index is 0.00283. The molecule has 38 heavy (non-hydrogen) atoms. The van der Waals surface area contributed by atoms with Gasteiger partial charge < -0.3 is 20.1 Å². The minimum Gasteiger partial charge on any atom is -0.491 e. The van der Waals surface area contributed by atoms with Crippen LogP contribution in [-0.4, -0.2) is 60.2 Å². The lowest BCUT2D eigenvalue weighted by Gasteiger charge is -2.26. The summed E-state index contributed by atoms with van der Waals surface area (Å²) in [4.78, 5) is 24.1. The van der Waals surface area contributed by atoms with E-state index in [2.05, 4.69) is 25.5 Å². The zero-order valence-electron chi connectivity index (χ0n) is 20.6. The van der Waals surface area contributed by atoms with Crippen molar-refractivity contribution in [1.29, 1.82) is 0 Å². The van der Waals surface area contributed by atoms with E-state index in [1.54, 1.807) is 30.3 Å². The van der Waals surface area contributed by atoms with Gasteiger partial charge in [0.05, 0.1) is 36.0 Å². The van der Waals surface area contributed by atoms with E-state index in [-0.39, 0.29) is 10.9 Å². The van der Waals surface area contributed by atoms with E-state index in [0.29, 0.717) is 46.0 Å². The normalized spacial score (nSPS) is 13.8. The summed E-state index contributed by atoms with van der Waals surface area (Å²) in [5, 5.41) is 6.78. The first-order valence-corrected chi connectivity index (χ1v) is 12.7. The number of benzene rings is 3. The van der Waals surface area contributed by atoms with Crippen molar-refractivity contribution in [3.8, 4) is 5.75 Å². The Hall–Kier alpha value is -3.79. The number of nitrogens with one attached hydrogen (secondary N) is 2. The molecule has 8 nitrogen and oxygen atoms in total. The molecule has 1 aliphatic rings. The molecule has 1 aromatic heterocycles. The number of hydrogen-bond donors (Lipinski definition) is 2. The van der Waals surface area contributed by atoms with Gasteiger partial charge in [0.25, 0.3) is 5.91 Å². The van der Waals surface area contributed by atoms with E-state index in [0.717, 1.165) is 39.3 Å². The number of carbonyl (C=O) groups excluding carboxylic acids is 1. The van der Waals surface area contributed by atoms with Crippen molar-refractivity contribution in [3.63, 3.8) is 0 Å². The molecule has 1 saturated heterocycles. The fourth-order valence-electron chi connectivity index (χ4n) is 4.19. The van der Waals surface area contributed by atoms with Gasteiger partial charge in [-0.15, -0.1) is 0 Å². The second-order valence-electron chi connectivity index (χ2n) is 8.82. The lowest BCUT2D eigenvalue weighted by molar-refractivity contribution is 0.0358. The third kappa shape index (κ3) is 6.36. The van der Waals surface area contributed by atoms with Gasteiger partial charge in [-0.05, 0) is 42.8 Å². The fraction of sp³-hybridized carbons (Fsp3) is 0.250. The fourth-order valence-corrected chi connectivity index (χ4v) is 4.37. The Bertz CT molecular complexity index is 1420. The van der Waals surface area contributed by atoms with Crippen molar-refractivity contribution in [2.75, 3.05) is 50.1 Å². The Labute approximate surface area is 224 Å². The Morgan fingerprint density at radius 2 is 1.89 bits per heavy atom. The molecular weight excluding hydrogens is 509 g/mol. The molecular formula is C28H27ClFN5O3. The SMILES string of the molecule is O=C(Nc1cc2c(Nc3ccc(F)c(Cl)c3)ncnc2cc1OCCCN1CCOCC1)c1ccccc1. The number of ether oxygens (including phenoxy) is 2. The molecule has 196 valence electrons. The van der Waals surface area contributed by atoms with Gasteiger partial charge in [0, 0.05) is 42.3 Å². The molecule has 2 N–H and O–H groups in total. The predicted octanol–water partition coefficient (Wildman–Crippen LogP) is 5.52. The highest BCUT2D eigenvalue weighted by molar-refractivity contribution is 6.31. The molecule has 0 spiro atoms. The third-order valence-electron chi connectivity index (χ3n) is 6.18. The number of aromatic nitrogens is 2. The third-order valence-corrected chi connectivity index (χ3v) is 6.47. The number of morpholine rings is 1. The second kappa shape index (κ2) is 12.2. The molecule has 4 aromatic rings. The Morgan fingerprint density at radius 1 is 1.08 bits per heavy atom. The number of fused-ring (bicyclic) bond motifs is 1. The van der Waals surface area contributed by atoms with E-state index in [4.69, 9.17) is 21.1 Å². The van der Waals surface area contributed by atoms with Gasteiger partial charge in [0.2, 0.25) is 0 Å². The molecule has 1 amide bonds. The molecule has 2 heterocycles. The molecule has 3 aromatic carbocycles. The van der Waals surface area contributed by atoms with E-state index >= 15 is 0 Å². The smallest absolute Gasteiger partial charge is 0.255 e. The molecule has 0 saturated carbocycles.